The van der Waals surface area contributed by atoms with Crippen LogP contribution in [0.25, 0.3) is 0 Å². The van der Waals surface area contributed by atoms with Crippen LogP contribution in [0.3, 0.4) is 0 Å². The molecule has 0 bridgehead atoms. The molecule has 0 saturated carbocycles. The first kappa shape index (κ1) is 22.2. The van der Waals surface area contributed by atoms with Crippen LogP contribution in [0, 0.1) is 12.8 Å². The van der Waals surface area contributed by atoms with Gasteiger partial charge in [0, 0.05) is 37.9 Å². The minimum atomic E-state index is -0.104. The van der Waals surface area contributed by atoms with Gasteiger partial charge in [0.2, 0.25) is 5.91 Å². The van der Waals surface area contributed by atoms with Gasteiger partial charge in [-0.15, -0.1) is 12.4 Å². The summed E-state index contributed by atoms with van der Waals surface area (Å²) in [6.45, 7) is 5.03. The summed E-state index contributed by atoms with van der Waals surface area (Å²) in [5, 5.41) is 10.8. The summed E-state index contributed by atoms with van der Waals surface area (Å²) >= 11 is 0. The number of amides is 2. The van der Waals surface area contributed by atoms with Gasteiger partial charge in [-0.05, 0) is 56.8 Å². The van der Waals surface area contributed by atoms with Crippen molar-refractivity contribution in [2.24, 2.45) is 5.92 Å². The lowest BCUT2D eigenvalue weighted by Gasteiger charge is -2.30. The van der Waals surface area contributed by atoms with Gasteiger partial charge in [0.15, 0.2) is 0 Å². The average molecular weight is 433 g/mol. The Morgan fingerprint density at radius 2 is 1.97 bits per heavy atom. The lowest BCUT2D eigenvalue weighted by molar-refractivity contribution is -0.121. The molecule has 2 amide bonds. The van der Waals surface area contributed by atoms with E-state index in [2.05, 4.69) is 20.7 Å². The van der Waals surface area contributed by atoms with Crippen LogP contribution in [0.5, 0.6) is 0 Å². The second-order valence-electron chi connectivity index (χ2n) is 7.96. The number of carbonyl (C=O) groups excluding carboxylic acids is 2. The highest BCUT2D eigenvalue weighted by Crippen LogP contribution is 2.21. The van der Waals surface area contributed by atoms with Crippen LogP contribution >= 0.6 is 12.4 Å². The highest BCUT2D eigenvalue weighted by molar-refractivity contribution is 5.93. The zero-order chi connectivity index (χ0) is 20.2. The minimum Gasteiger partial charge on any atom is -0.337 e. The van der Waals surface area contributed by atoms with Crippen LogP contribution in [0.15, 0.2) is 30.6 Å². The van der Waals surface area contributed by atoms with E-state index in [9.17, 15) is 9.59 Å². The van der Waals surface area contributed by atoms with E-state index >= 15 is 0 Å². The van der Waals surface area contributed by atoms with E-state index in [-0.39, 0.29) is 30.1 Å². The normalized spacial score (nSPS) is 19.8. The highest BCUT2D eigenvalue weighted by atomic mass is 35.5. The van der Waals surface area contributed by atoms with Gasteiger partial charge in [-0.1, -0.05) is 6.07 Å². The maximum Gasteiger partial charge on any atom is 0.274 e. The predicted molar refractivity (Wildman–Crippen MR) is 117 cm³/mol. The monoisotopic (exact) mass is 432 g/mol. The third-order valence-electron chi connectivity index (χ3n) is 5.79. The van der Waals surface area contributed by atoms with Crippen molar-refractivity contribution in [1.82, 2.24) is 25.0 Å². The number of piperidine rings is 2. The number of pyridine rings is 1. The molecule has 0 radical (unpaired) electrons. The van der Waals surface area contributed by atoms with E-state index in [1.54, 1.807) is 17.2 Å². The van der Waals surface area contributed by atoms with Crippen molar-refractivity contribution in [3.05, 3.63) is 41.9 Å². The Hall–Kier alpha value is -2.45. The summed E-state index contributed by atoms with van der Waals surface area (Å²) in [6, 6.07) is 5.85. The summed E-state index contributed by atoms with van der Waals surface area (Å²) < 4.78 is 1.91. The Morgan fingerprint density at radius 3 is 2.63 bits per heavy atom. The quantitative estimate of drug-likeness (QED) is 0.774. The van der Waals surface area contributed by atoms with Gasteiger partial charge in [0.25, 0.3) is 5.91 Å². The van der Waals surface area contributed by atoms with Crippen LogP contribution in [0.2, 0.25) is 0 Å². The number of carbonyl (C=O) groups is 2. The van der Waals surface area contributed by atoms with E-state index in [0.717, 1.165) is 31.5 Å². The van der Waals surface area contributed by atoms with Gasteiger partial charge in [0.05, 0.1) is 6.04 Å². The van der Waals surface area contributed by atoms with Gasteiger partial charge in [0.1, 0.15) is 11.5 Å². The maximum absolute atomic E-state index is 12.8. The van der Waals surface area contributed by atoms with E-state index in [4.69, 9.17) is 0 Å². The second-order valence-corrected chi connectivity index (χ2v) is 7.96. The number of anilines is 1. The van der Waals surface area contributed by atoms with E-state index in [1.807, 2.05) is 29.9 Å². The van der Waals surface area contributed by atoms with Gasteiger partial charge < -0.3 is 15.5 Å². The largest absolute Gasteiger partial charge is 0.337 e. The smallest absolute Gasteiger partial charge is 0.274 e. The van der Waals surface area contributed by atoms with Crippen molar-refractivity contribution in [2.75, 3.05) is 31.5 Å². The number of hydrogen-bond donors (Lipinski definition) is 2. The van der Waals surface area contributed by atoms with E-state index < -0.39 is 0 Å². The Morgan fingerprint density at radius 1 is 1.17 bits per heavy atom. The molecular formula is C21H29ClN6O2. The molecule has 4 heterocycles. The van der Waals surface area contributed by atoms with Crippen molar-refractivity contribution in [3.8, 4) is 0 Å². The molecule has 1 atom stereocenters. The summed E-state index contributed by atoms with van der Waals surface area (Å²) in [5.74, 6) is 0.393. The molecule has 2 fully saturated rings. The molecule has 0 aliphatic carbocycles. The first-order valence-corrected chi connectivity index (χ1v) is 10.4. The molecule has 162 valence electrons. The Labute approximate surface area is 182 Å². The Bertz CT molecular complexity index is 855. The van der Waals surface area contributed by atoms with Crippen molar-refractivity contribution in [1.29, 1.82) is 0 Å². The number of aryl methyl sites for hydroxylation is 1. The lowest BCUT2D eigenvalue weighted by atomic mass is 9.95. The standard InChI is InChI=1S/C21H28N6O2.ClH/c1-15-4-5-19(23-13-15)24-20(28)16-6-10-26(11-7-16)21(29)18-8-12-27(25-18)17-3-2-9-22-14-17;/h4-5,8,12-13,16-17,22H,2-3,6-7,9-11,14H2,1H3,(H,23,24,28);1H. The van der Waals surface area contributed by atoms with Crippen LogP contribution in [-0.2, 0) is 4.79 Å². The number of hydrogen-bond acceptors (Lipinski definition) is 5. The van der Waals surface area contributed by atoms with Crippen molar-refractivity contribution in [3.63, 3.8) is 0 Å². The van der Waals surface area contributed by atoms with Crippen molar-refractivity contribution < 1.29 is 9.59 Å². The van der Waals surface area contributed by atoms with Crippen LogP contribution in [-0.4, -0.2) is 57.7 Å². The summed E-state index contributed by atoms with van der Waals surface area (Å²) in [5.41, 5.74) is 1.54. The molecular weight excluding hydrogens is 404 g/mol. The van der Waals surface area contributed by atoms with Crippen LogP contribution < -0.4 is 10.6 Å². The fourth-order valence-corrected chi connectivity index (χ4v) is 3.99. The lowest BCUT2D eigenvalue weighted by Crippen LogP contribution is -2.41. The molecule has 2 aromatic rings. The molecule has 2 saturated heterocycles. The van der Waals surface area contributed by atoms with Crippen molar-refractivity contribution >= 4 is 30.0 Å². The summed E-state index contributed by atoms with van der Waals surface area (Å²) in [6.07, 6.45) is 7.15. The summed E-state index contributed by atoms with van der Waals surface area (Å²) in [4.78, 5) is 31.4. The third kappa shape index (κ3) is 5.17. The number of likely N-dealkylation sites (tertiary alicyclic amines) is 1. The fourth-order valence-electron chi connectivity index (χ4n) is 3.99. The van der Waals surface area contributed by atoms with Gasteiger partial charge in [-0.3, -0.25) is 14.3 Å². The molecule has 4 rings (SSSR count). The first-order valence-electron chi connectivity index (χ1n) is 10.4. The topological polar surface area (TPSA) is 92.2 Å². The third-order valence-corrected chi connectivity index (χ3v) is 5.79. The number of nitrogens with zero attached hydrogens (tertiary/aromatic N) is 4. The predicted octanol–water partition coefficient (Wildman–Crippen LogP) is 2.42. The van der Waals surface area contributed by atoms with Crippen LogP contribution in [0.1, 0.15) is 47.8 Å². The highest BCUT2D eigenvalue weighted by Gasteiger charge is 2.29. The maximum atomic E-state index is 12.8. The van der Waals surface area contributed by atoms with Crippen molar-refractivity contribution in [2.45, 2.75) is 38.6 Å². The summed E-state index contributed by atoms with van der Waals surface area (Å²) in [7, 11) is 0. The number of nitrogens with one attached hydrogen (secondary N) is 2. The van der Waals surface area contributed by atoms with E-state index in [0.29, 0.717) is 43.5 Å². The fraction of sp³-hybridized carbons (Fsp3) is 0.524. The zero-order valence-corrected chi connectivity index (χ0v) is 18.0. The molecule has 2 aliphatic rings. The molecule has 8 nitrogen and oxygen atoms in total. The molecule has 2 aromatic heterocycles. The molecule has 0 aromatic carbocycles. The molecule has 30 heavy (non-hydrogen) atoms. The number of rotatable bonds is 4. The molecule has 2 N–H and O–H groups in total. The van der Waals surface area contributed by atoms with Gasteiger partial charge >= 0.3 is 0 Å². The molecule has 0 spiro atoms. The second kappa shape index (κ2) is 10.0. The van der Waals surface area contributed by atoms with Gasteiger partial charge in [-0.25, -0.2) is 4.98 Å². The zero-order valence-electron chi connectivity index (χ0n) is 17.2. The average Bonchev–Trinajstić information content (AvgIpc) is 3.26. The Balaban J connectivity index is 0.00000256. The number of aromatic nitrogens is 3. The number of halogens is 1. The molecule has 9 heteroatoms. The molecule has 2 aliphatic heterocycles. The SMILES string of the molecule is Cc1ccc(NC(=O)C2CCN(C(=O)c3ccn(C4CCCNC4)n3)CC2)nc1.Cl. The first-order chi connectivity index (χ1) is 14.1. The Kier molecular flexibility index (Phi) is 7.44. The van der Waals surface area contributed by atoms with Crippen LogP contribution in [0.4, 0.5) is 5.82 Å². The minimum absolute atomic E-state index is 0. The molecule has 1 unspecified atom stereocenters. The van der Waals surface area contributed by atoms with Gasteiger partial charge in [-0.2, -0.15) is 5.10 Å². The van der Waals surface area contributed by atoms with E-state index in [1.165, 1.54) is 0 Å².